The maximum atomic E-state index is 13.3. The Kier molecular flexibility index (Phi) is 3.75. The van der Waals surface area contributed by atoms with Crippen LogP contribution in [-0.2, 0) is 16.6 Å². The zero-order valence-corrected chi connectivity index (χ0v) is 14.0. The Morgan fingerprint density at radius 1 is 0.875 bits per heavy atom. The van der Waals surface area contributed by atoms with Gasteiger partial charge in [0, 0.05) is 30.7 Å². The minimum Gasteiger partial charge on any atom is -0.383 e. The first-order valence-corrected chi connectivity index (χ1v) is 9.40. The van der Waals surface area contributed by atoms with Crippen LogP contribution in [0.4, 0.5) is 5.69 Å². The smallest absolute Gasteiger partial charge is 0.244 e. The van der Waals surface area contributed by atoms with Crippen molar-refractivity contribution in [1.82, 2.24) is 4.31 Å². The van der Waals surface area contributed by atoms with Crippen molar-refractivity contribution < 1.29 is 8.42 Å². The van der Waals surface area contributed by atoms with Crippen molar-refractivity contribution in [2.45, 2.75) is 11.4 Å². The van der Waals surface area contributed by atoms with Gasteiger partial charge in [0.15, 0.2) is 0 Å². The number of sulfonamides is 1. The van der Waals surface area contributed by atoms with Crippen molar-refractivity contribution in [1.29, 1.82) is 0 Å². The summed E-state index contributed by atoms with van der Waals surface area (Å²) in [7, 11) is -3.56. The summed E-state index contributed by atoms with van der Waals surface area (Å²) in [5, 5.41) is 5.02. The van der Waals surface area contributed by atoms with Crippen molar-refractivity contribution in [3.63, 3.8) is 0 Å². The van der Waals surface area contributed by atoms with Gasteiger partial charge in [-0.15, -0.1) is 0 Å². The zero-order chi connectivity index (χ0) is 16.6. The van der Waals surface area contributed by atoms with Crippen molar-refractivity contribution in [2.75, 3.05) is 18.4 Å². The number of nitrogens with zero attached hydrogens (tertiary/aromatic N) is 1. The van der Waals surface area contributed by atoms with Crippen molar-refractivity contribution >= 4 is 26.5 Å². The summed E-state index contributed by atoms with van der Waals surface area (Å²) in [6.45, 7) is 1.43. The average Bonchev–Trinajstić information content (AvgIpc) is 2.84. The Hall–Kier alpha value is -2.37. The van der Waals surface area contributed by atoms with E-state index in [1.54, 1.807) is 16.4 Å². The summed E-state index contributed by atoms with van der Waals surface area (Å²) >= 11 is 0. The van der Waals surface area contributed by atoms with E-state index < -0.39 is 10.0 Å². The number of nitrogens with one attached hydrogen (secondary N) is 1. The van der Waals surface area contributed by atoms with Crippen LogP contribution < -0.4 is 5.32 Å². The molecule has 0 aromatic heterocycles. The first kappa shape index (κ1) is 15.2. The average molecular weight is 338 g/mol. The van der Waals surface area contributed by atoms with Crippen LogP contribution in [0.3, 0.4) is 0 Å². The van der Waals surface area contributed by atoms with Crippen LogP contribution in [0.1, 0.15) is 5.56 Å². The Bertz CT molecular complexity index is 994. The molecule has 0 fully saturated rings. The maximum absolute atomic E-state index is 13.3. The molecule has 1 heterocycles. The highest BCUT2D eigenvalue weighted by Crippen LogP contribution is 2.28. The van der Waals surface area contributed by atoms with Crippen molar-refractivity contribution in [3.05, 3.63) is 72.3 Å². The van der Waals surface area contributed by atoms with Crippen LogP contribution >= 0.6 is 0 Å². The maximum Gasteiger partial charge on any atom is 0.244 e. The van der Waals surface area contributed by atoms with E-state index in [1.165, 1.54) is 0 Å². The van der Waals surface area contributed by atoms with Crippen molar-refractivity contribution in [3.8, 4) is 0 Å². The van der Waals surface area contributed by atoms with Gasteiger partial charge in [-0.2, -0.15) is 4.31 Å². The molecule has 0 radical (unpaired) electrons. The minimum absolute atomic E-state index is 0.375. The van der Waals surface area contributed by atoms with Crippen LogP contribution in [-0.4, -0.2) is 25.8 Å². The lowest BCUT2D eigenvalue weighted by Gasteiger charge is -2.21. The lowest BCUT2D eigenvalue weighted by molar-refractivity contribution is 0.424. The molecule has 1 aliphatic rings. The number of fused-ring (bicyclic) bond motifs is 2. The summed E-state index contributed by atoms with van der Waals surface area (Å²) in [5.74, 6) is 0. The number of benzene rings is 3. The van der Waals surface area contributed by atoms with Crippen LogP contribution in [0.5, 0.6) is 0 Å². The highest BCUT2D eigenvalue weighted by atomic mass is 32.2. The predicted octanol–water partition coefficient (Wildman–Crippen LogP) is 3.46. The van der Waals surface area contributed by atoms with E-state index in [4.69, 9.17) is 0 Å². The van der Waals surface area contributed by atoms with Gasteiger partial charge in [0.05, 0.1) is 4.90 Å². The predicted molar refractivity (Wildman–Crippen MR) is 96.5 cm³/mol. The van der Waals surface area contributed by atoms with Gasteiger partial charge in [-0.1, -0.05) is 54.6 Å². The summed E-state index contributed by atoms with van der Waals surface area (Å²) in [6.07, 6.45) is 0. The number of rotatable bonds is 2. The summed E-state index contributed by atoms with van der Waals surface area (Å²) in [6, 6.07) is 20.9. The molecule has 3 aromatic rings. The molecule has 3 aromatic carbocycles. The molecule has 0 saturated heterocycles. The van der Waals surface area contributed by atoms with E-state index in [-0.39, 0.29) is 0 Å². The monoisotopic (exact) mass is 338 g/mol. The fourth-order valence-corrected chi connectivity index (χ4v) is 4.81. The number of anilines is 1. The minimum atomic E-state index is -3.56. The molecule has 1 N–H and O–H groups in total. The van der Waals surface area contributed by atoms with Crippen LogP contribution in [0.15, 0.2) is 71.6 Å². The Morgan fingerprint density at radius 3 is 2.54 bits per heavy atom. The van der Waals surface area contributed by atoms with E-state index in [9.17, 15) is 8.42 Å². The van der Waals surface area contributed by atoms with E-state index in [1.807, 2.05) is 54.6 Å². The molecule has 0 atom stereocenters. The molecule has 5 heteroatoms. The van der Waals surface area contributed by atoms with Gasteiger partial charge in [-0.3, -0.25) is 0 Å². The van der Waals surface area contributed by atoms with Gasteiger partial charge in [0.25, 0.3) is 0 Å². The molecule has 0 saturated carbocycles. The normalized spacial score (nSPS) is 15.5. The molecule has 0 spiro atoms. The first-order valence-electron chi connectivity index (χ1n) is 7.96. The Balaban J connectivity index is 1.80. The van der Waals surface area contributed by atoms with Crippen LogP contribution in [0.25, 0.3) is 10.8 Å². The molecule has 0 aliphatic carbocycles. The van der Waals surface area contributed by atoms with Gasteiger partial charge >= 0.3 is 0 Å². The second-order valence-corrected chi connectivity index (χ2v) is 7.81. The van der Waals surface area contributed by atoms with Crippen LogP contribution in [0, 0.1) is 0 Å². The SMILES string of the molecule is O=S(=O)(c1cccc2ccccc12)N1CCNc2ccccc2C1. The fraction of sp³-hybridized carbons (Fsp3) is 0.158. The van der Waals surface area contributed by atoms with Gasteiger partial charge in [-0.25, -0.2) is 8.42 Å². The number of hydrogen-bond acceptors (Lipinski definition) is 3. The topological polar surface area (TPSA) is 49.4 Å². The molecule has 4 nitrogen and oxygen atoms in total. The molecule has 24 heavy (non-hydrogen) atoms. The third kappa shape index (κ3) is 2.56. The quantitative estimate of drug-likeness (QED) is 0.778. The molecule has 0 bridgehead atoms. The largest absolute Gasteiger partial charge is 0.383 e. The number of hydrogen-bond donors (Lipinski definition) is 1. The highest BCUT2D eigenvalue weighted by Gasteiger charge is 2.28. The van der Waals surface area contributed by atoms with Crippen LogP contribution in [0.2, 0.25) is 0 Å². The summed E-state index contributed by atoms with van der Waals surface area (Å²) in [4.78, 5) is 0.375. The molecule has 0 amide bonds. The molecule has 0 unspecified atom stereocenters. The van der Waals surface area contributed by atoms with Gasteiger partial charge in [-0.05, 0) is 23.1 Å². The Morgan fingerprint density at radius 2 is 1.62 bits per heavy atom. The molecular weight excluding hydrogens is 320 g/mol. The molecule has 122 valence electrons. The summed E-state index contributed by atoms with van der Waals surface area (Å²) in [5.41, 5.74) is 2.01. The standard InChI is InChI=1S/C19H18N2O2S/c22-24(23,19-11-5-8-15-6-1-3-9-17(15)19)21-13-12-20-18-10-4-2-7-16(18)14-21/h1-11,20H,12-14H2. The molecule has 1 aliphatic heterocycles. The van der Waals surface area contributed by atoms with Crippen molar-refractivity contribution in [2.24, 2.45) is 0 Å². The van der Waals surface area contributed by atoms with E-state index in [0.29, 0.717) is 24.5 Å². The highest BCUT2D eigenvalue weighted by molar-refractivity contribution is 7.89. The fourth-order valence-electron chi connectivity index (χ4n) is 3.18. The second-order valence-electron chi connectivity index (χ2n) is 5.90. The third-order valence-electron chi connectivity index (χ3n) is 4.41. The third-order valence-corrected chi connectivity index (χ3v) is 6.31. The first-order chi connectivity index (χ1) is 11.7. The Labute approximate surface area is 141 Å². The molecule has 4 rings (SSSR count). The molecular formula is C19H18N2O2S. The second kappa shape index (κ2) is 5.92. The van der Waals surface area contributed by atoms with Gasteiger partial charge < -0.3 is 5.32 Å². The van der Waals surface area contributed by atoms with E-state index in [2.05, 4.69) is 5.32 Å². The lowest BCUT2D eigenvalue weighted by Crippen LogP contribution is -2.32. The zero-order valence-electron chi connectivity index (χ0n) is 13.1. The van der Waals surface area contributed by atoms with E-state index >= 15 is 0 Å². The van der Waals surface area contributed by atoms with E-state index in [0.717, 1.165) is 22.0 Å². The van der Waals surface area contributed by atoms with Gasteiger partial charge in [0.2, 0.25) is 10.0 Å². The van der Waals surface area contributed by atoms with Gasteiger partial charge in [0.1, 0.15) is 0 Å². The summed E-state index contributed by atoms with van der Waals surface area (Å²) < 4.78 is 28.1. The lowest BCUT2D eigenvalue weighted by atomic mass is 10.1. The number of para-hydroxylation sites is 1.